The molecule has 0 spiro atoms. The molecule has 0 fully saturated rings. The van der Waals surface area contributed by atoms with E-state index in [2.05, 4.69) is 13.2 Å². The lowest BCUT2D eigenvalue weighted by molar-refractivity contribution is -0.132. The van der Waals surface area contributed by atoms with Gasteiger partial charge in [-0.1, -0.05) is 19.2 Å². The number of rotatable bonds is 8. The first-order valence-electron chi connectivity index (χ1n) is 9.65. The number of benzene rings is 2. The molecule has 0 atom stereocenters. The number of para-hydroxylation sites is 1. The average Bonchev–Trinajstić information content (AvgIpc) is 2.77. The summed E-state index contributed by atoms with van der Waals surface area (Å²) < 4.78 is 25.8. The molecule has 0 aliphatic heterocycles. The van der Waals surface area contributed by atoms with E-state index in [1.54, 1.807) is 0 Å². The van der Waals surface area contributed by atoms with Crippen molar-refractivity contribution in [3.05, 3.63) is 60.2 Å². The van der Waals surface area contributed by atoms with Crippen LogP contribution in [0.1, 0.15) is 31.1 Å². The van der Waals surface area contributed by atoms with E-state index in [1.807, 2.05) is 0 Å². The molecule has 10 heteroatoms. The van der Waals surface area contributed by atoms with Gasteiger partial charge in [0, 0.05) is 18.1 Å². The highest BCUT2D eigenvalue weighted by atomic mass is 16.6. The van der Waals surface area contributed by atoms with Crippen molar-refractivity contribution in [1.82, 2.24) is 0 Å². The van der Waals surface area contributed by atoms with Crippen LogP contribution in [0.5, 0.6) is 34.5 Å². The molecule has 0 unspecified atom stereocenters. The van der Waals surface area contributed by atoms with Gasteiger partial charge in [0.05, 0.1) is 7.11 Å². The number of aromatic hydroxyl groups is 1. The third-order valence-corrected chi connectivity index (χ3v) is 4.00. The maximum atomic E-state index is 12.2. The number of ether oxygens (including phenoxy) is 5. The Bertz CT molecular complexity index is 1190. The molecule has 0 aliphatic carbocycles. The third-order valence-electron chi connectivity index (χ3n) is 4.00. The van der Waals surface area contributed by atoms with Crippen LogP contribution in [0.15, 0.2) is 54.6 Å². The molecule has 2 aromatic rings. The van der Waals surface area contributed by atoms with Crippen LogP contribution in [0.4, 0.5) is 0 Å². The summed E-state index contributed by atoms with van der Waals surface area (Å²) >= 11 is 0. The van der Waals surface area contributed by atoms with E-state index in [0.29, 0.717) is 0 Å². The van der Waals surface area contributed by atoms with Gasteiger partial charge in [-0.2, -0.15) is 0 Å². The molecule has 2 aromatic carbocycles. The van der Waals surface area contributed by atoms with Crippen LogP contribution in [-0.2, 0) is 19.1 Å². The van der Waals surface area contributed by atoms with Gasteiger partial charge in [-0.05, 0) is 38.1 Å². The zero-order valence-electron chi connectivity index (χ0n) is 18.9. The van der Waals surface area contributed by atoms with Crippen molar-refractivity contribution in [1.29, 1.82) is 0 Å². The summed E-state index contributed by atoms with van der Waals surface area (Å²) in [5, 5.41) is 10.6. The highest BCUT2D eigenvalue weighted by Crippen LogP contribution is 2.47. The van der Waals surface area contributed by atoms with E-state index in [4.69, 9.17) is 23.7 Å². The lowest BCUT2D eigenvalue weighted by atomic mass is 10.2. The Balaban J connectivity index is 2.65. The molecule has 1 N–H and O–H groups in total. The van der Waals surface area contributed by atoms with E-state index < -0.39 is 35.4 Å². The fourth-order valence-electron chi connectivity index (χ4n) is 2.40. The van der Waals surface area contributed by atoms with Crippen LogP contribution in [0.2, 0.25) is 0 Å². The van der Waals surface area contributed by atoms with Gasteiger partial charge in [-0.25, -0.2) is 14.4 Å². The minimum atomic E-state index is -0.905. The maximum Gasteiger partial charge on any atom is 0.341 e. The molecule has 10 nitrogen and oxygen atoms in total. The van der Waals surface area contributed by atoms with Crippen LogP contribution in [-0.4, -0.2) is 36.1 Å². The molecule has 0 aliphatic rings. The number of hydrogen-bond acceptors (Lipinski definition) is 10. The second-order valence-electron chi connectivity index (χ2n) is 6.90. The van der Waals surface area contributed by atoms with Gasteiger partial charge in [0.25, 0.3) is 0 Å². The molecule has 0 bridgehead atoms. The Morgan fingerprint density at radius 1 is 0.765 bits per heavy atom. The summed E-state index contributed by atoms with van der Waals surface area (Å²) in [5.41, 5.74) is -0.0899. The Labute approximate surface area is 194 Å². The number of phenols is 1. The van der Waals surface area contributed by atoms with Crippen LogP contribution in [0.25, 0.3) is 0 Å². The molecule has 0 aromatic heterocycles. The van der Waals surface area contributed by atoms with Crippen molar-refractivity contribution in [2.45, 2.75) is 20.8 Å². The predicted molar refractivity (Wildman–Crippen MR) is 118 cm³/mol. The van der Waals surface area contributed by atoms with Gasteiger partial charge >= 0.3 is 23.9 Å². The lowest BCUT2D eigenvalue weighted by Gasteiger charge is -2.17. The fraction of sp³-hybridized carbons (Fsp3) is 0.167. The predicted octanol–water partition coefficient (Wildman–Crippen LogP) is 3.86. The standard InChI is InChI=1S/C24H22O10/c1-12(2)22(27)33-20-15(24(29)30-6)8-7-9-17(20)32-18-11-10-16(31-14(5)25)19(26)21(18)34-23(28)13(3)4/h7-11,26H,1,3H2,2,4-6H3. The van der Waals surface area contributed by atoms with Crippen molar-refractivity contribution in [3.8, 4) is 34.5 Å². The molecular formula is C24H22O10. The largest absolute Gasteiger partial charge is 0.502 e. The molecule has 2 rings (SSSR count). The molecule has 34 heavy (non-hydrogen) atoms. The van der Waals surface area contributed by atoms with E-state index in [-0.39, 0.29) is 39.7 Å². The number of phenolic OH excluding ortho intramolecular Hbond substituents is 1. The summed E-state index contributed by atoms with van der Waals surface area (Å²) in [6, 6.07) is 6.53. The van der Waals surface area contributed by atoms with E-state index in [9.17, 15) is 24.3 Å². The number of carbonyl (C=O) groups excluding carboxylic acids is 4. The van der Waals surface area contributed by atoms with Crippen molar-refractivity contribution in [3.63, 3.8) is 0 Å². The average molecular weight is 470 g/mol. The Kier molecular flexibility index (Phi) is 8.16. The van der Waals surface area contributed by atoms with Crippen LogP contribution >= 0.6 is 0 Å². The third kappa shape index (κ3) is 6.00. The number of carbonyl (C=O) groups is 4. The quantitative estimate of drug-likeness (QED) is 0.344. The van der Waals surface area contributed by atoms with Crippen molar-refractivity contribution >= 4 is 23.9 Å². The van der Waals surface area contributed by atoms with Gasteiger partial charge in [0.15, 0.2) is 23.0 Å². The van der Waals surface area contributed by atoms with Gasteiger partial charge in [-0.3, -0.25) is 4.79 Å². The zero-order chi connectivity index (χ0) is 25.6. The topological polar surface area (TPSA) is 135 Å². The summed E-state index contributed by atoms with van der Waals surface area (Å²) in [6.07, 6.45) is 0. The van der Waals surface area contributed by atoms with Gasteiger partial charge in [-0.15, -0.1) is 0 Å². The zero-order valence-corrected chi connectivity index (χ0v) is 18.9. The van der Waals surface area contributed by atoms with Crippen molar-refractivity contribution in [2.75, 3.05) is 7.11 Å². The van der Waals surface area contributed by atoms with Crippen molar-refractivity contribution < 1.29 is 48.0 Å². The summed E-state index contributed by atoms with van der Waals surface area (Å²) in [6.45, 7) is 10.9. The molecule has 0 saturated heterocycles. The lowest BCUT2D eigenvalue weighted by Crippen LogP contribution is -2.13. The molecule has 0 amide bonds. The summed E-state index contributed by atoms with van der Waals surface area (Å²) in [4.78, 5) is 47.9. The summed E-state index contributed by atoms with van der Waals surface area (Å²) in [7, 11) is 1.14. The monoisotopic (exact) mass is 470 g/mol. The van der Waals surface area contributed by atoms with Crippen LogP contribution in [0.3, 0.4) is 0 Å². The maximum absolute atomic E-state index is 12.2. The highest BCUT2D eigenvalue weighted by molar-refractivity contribution is 5.96. The van der Waals surface area contributed by atoms with Gasteiger partial charge in [0.2, 0.25) is 11.5 Å². The SMILES string of the molecule is C=C(C)C(=O)Oc1c(Oc2ccc(OC(C)=O)c(O)c2OC(=O)C(=C)C)cccc1C(=O)OC. The first-order valence-corrected chi connectivity index (χ1v) is 9.65. The Morgan fingerprint density at radius 3 is 1.82 bits per heavy atom. The number of methoxy groups -OCH3 is 1. The molecular weight excluding hydrogens is 448 g/mol. The Morgan fingerprint density at radius 2 is 1.29 bits per heavy atom. The van der Waals surface area contributed by atoms with Crippen LogP contribution in [0, 0.1) is 0 Å². The first-order chi connectivity index (χ1) is 16.0. The normalized spacial score (nSPS) is 10.0. The molecule has 0 saturated carbocycles. The second kappa shape index (κ2) is 10.8. The van der Waals surface area contributed by atoms with E-state index in [0.717, 1.165) is 14.0 Å². The minimum Gasteiger partial charge on any atom is -0.502 e. The van der Waals surface area contributed by atoms with Crippen molar-refractivity contribution in [2.24, 2.45) is 0 Å². The smallest absolute Gasteiger partial charge is 0.341 e. The molecule has 0 heterocycles. The summed E-state index contributed by atoms with van der Waals surface area (Å²) in [5.74, 6) is -5.54. The minimum absolute atomic E-state index is 0.00649. The second-order valence-corrected chi connectivity index (χ2v) is 6.90. The van der Waals surface area contributed by atoms with Crippen LogP contribution < -0.4 is 18.9 Å². The highest BCUT2D eigenvalue weighted by Gasteiger charge is 2.25. The fourth-order valence-corrected chi connectivity index (χ4v) is 2.40. The first kappa shape index (κ1) is 25.7. The molecule has 178 valence electrons. The van der Waals surface area contributed by atoms with Gasteiger partial charge < -0.3 is 28.8 Å². The number of esters is 4. The Hall–Kier alpha value is -4.60. The van der Waals surface area contributed by atoms with E-state index in [1.165, 1.54) is 44.2 Å². The van der Waals surface area contributed by atoms with E-state index >= 15 is 0 Å². The number of hydrogen-bond donors (Lipinski definition) is 1. The molecule has 0 radical (unpaired) electrons. The van der Waals surface area contributed by atoms with Gasteiger partial charge in [0.1, 0.15) is 5.56 Å².